The maximum absolute atomic E-state index is 12.5. The lowest BCUT2D eigenvalue weighted by Crippen LogP contribution is -2.51. The van der Waals surface area contributed by atoms with Gasteiger partial charge in [-0.05, 0) is 29.3 Å². The minimum atomic E-state index is -0.967. The standard InChI is InChI=1S/C32H33ClN8O4/c1-44-23-9-7-22(8-10-23)17-36-29-26(33)24(11-14-34-29)27-28-30(40-39-27)38-25(19-35-28)41-15-12-32(20-42,13-16-41)45-31(43)37-18-21-5-3-2-4-6-21/h2-11,14,19,42H,12-13,15-18,20H2,1H3,(H,34,36)(H,37,43)(H,38,39,40). The molecule has 0 spiro atoms. The summed E-state index contributed by atoms with van der Waals surface area (Å²) in [6, 6.07) is 19.1. The maximum atomic E-state index is 12.5. The van der Waals surface area contributed by atoms with Gasteiger partial charge in [0, 0.05) is 50.8 Å². The normalized spacial score (nSPS) is 14.2. The van der Waals surface area contributed by atoms with E-state index in [1.54, 1.807) is 25.6 Å². The molecule has 4 N–H and O–H groups in total. The minimum absolute atomic E-state index is 0.267. The molecule has 0 radical (unpaired) electrons. The smallest absolute Gasteiger partial charge is 0.408 e. The number of nitrogens with one attached hydrogen (secondary N) is 3. The van der Waals surface area contributed by atoms with E-state index in [1.807, 2.05) is 59.5 Å². The minimum Gasteiger partial charge on any atom is -0.497 e. The van der Waals surface area contributed by atoms with E-state index in [4.69, 9.17) is 26.1 Å². The number of halogens is 1. The van der Waals surface area contributed by atoms with Crippen LogP contribution >= 0.6 is 11.6 Å². The molecule has 1 fully saturated rings. The number of H-pyrrole nitrogens is 1. The monoisotopic (exact) mass is 628 g/mol. The molecule has 2 aromatic carbocycles. The molecule has 0 unspecified atom stereocenters. The van der Waals surface area contributed by atoms with Gasteiger partial charge in [-0.1, -0.05) is 54.1 Å². The summed E-state index contributed by atoms with van der Waals surface area (Å²) < 4.78 is 10.9. The van der Waals surface area contributed by atoms with E-state index >= 15 is 0 Å². The number of carbonyl (C=O) groups excluding carboxylic acids is 1. The first-order chi connectivity index (χ1) is 22.0. The molecule has 0 atom stereocenters. The van der Waals surface area contributed by atoms with Crippen LogP contribution in [0.15, 0.2) is 73.1 Å². The molecule has 4 heterocycles. The molecule has 5 aromatic rings. The zero-order chi connectivity index (χ0) is 31.2. The second-order valence-corrected chi connectivity index (χ2v) is 11.2. The summed E-state index contributed by atoms with van der Waals surface area (Å²) in [6.45, 7) is 1.65. The number of aromatic nitrogens is 5. The number of carbonyl (C=O) groups is 1. The molecule has 0 saturated carbocycles. The average molecular weight is 629 g/mol. The molecule has 13 heteroatoms. The van der Waals surface area contributed by atoms with Crippen LogP contribution in [0.3, 0.4) is 0 Å². The largest absolute Gasteiger partial charge is 0.497 e. The van der Waals surface area contributed by atoms with E-state index in [-0.39, 0.29) is 6.61 Å². The van der Waals surface area contributed by atoms with Crippen LogP contribution in [0.1, 0.15) is 24.0 Å². The Morgan fingerprint density at radius 3 is 2.53 bits per heavy atom. The second kappa shape index (κ2) is 13.4. The average Bonchev–Trinajstić information content (AvgIpc) is 3.51. The molecule has 1 aliphatic heterocycles. The van der Waals surface area contributed by atoms with E-state index in [2.05, 4.69) is 30.8 Å². The van der Waals surface area contributed by atoms with E-state index in [9.17, 15) is 9.90 Å². The Morgan fingerprint density at radius 1 is 1.04 bits per heavy atom. The van der Waals surface area contributed by atoms with Crippen LogP contribution in [0, 0.1) is 0 Å². The van der Waals surface area contributed by atoms with Gasteiger partial charge in [0.05, 0.1) is 30.6 Å². The van der Waals surface area contributed by atoms with E-state index in [0.717, 1.165) is 16.9 Å². The number of aliphatic hydroxyl groups excluding tert-OH is 1. The number of piperidine rings is 1. The molecule has 45 heavy (non-hydrogen) atoms. The SMILES string of the molecule is COc1ccc(CNc2nccc(-c3[nH]nc4nc(N5CCC(CO)(OC(=O)NCc6ccccc6)CC5)cnc34)c2Cl)cc1. The topological polar surface area (TPSA) is 150 Å². The Balaban J connectivity index is 1.10. The summed E-state index contributed by atoms with van der Waals surface area (Å²) in [6.07, 6.45) is 3.69. The lowest BCUT2D eigenvalue weighted by atomic mass is 9.92. The highest BCUT2D eigenvalue weighted by Crippen LogP contribution is 2.35. The third-order valence-electron chi connectivity index (χ3n) is 7.91. The lowest BCUT2D eigenvalue weighted by Gasteiger charge is -2.40. The van der Waals surface area contributed by atoms with Gasteiger partial charge in [-0.25, -0.2) is 19.7 Å². The van der Waals surface area contributed by atoms with Crippen LogP contribution in [0.5, 0.6) is 5.75 Å². The van der Waals surface area contributed by atoms with Crippen LogP contribution in [0.4, 0.5) is 16.4 Å². The van der Waals surface area contributed by atoms with Gasteiger partial charge in [-0.2, -0.15) is 5.10 Å². The Morgan fingerprint density at radius 2 is 1.80 bits per heavy atom. The van der Waals surface area contributed by atoms with Gasteiger partial charge < -0.3 is 30.1 Å². The molecule has 0 bridgehead atoms. The first-order valence-corrected chi connectivity index (χ1v) is 14.9. The van der Waals surface area contributed by atoms with Crippen molar-refractivity contribution in [1.29, 1.82) is 0 Å². The molecule has 6 rings (SSSR count). The number of rotatable bonds is 10. The van der Waals surface area contributed by atoms with Crippen molar-refractivity contribution in [3.8, 4) is 17.0 Å². The number of ether oxygens (including phenoxy) is 2. The van der Waals surface area contributed by atoms with Crippen molar-refractivity contribution in [2.75, 3.05) is 37.0 Å². The van der Waals surface area contributed by atoms with E-state index < -0.39 is 11.7 Å². The number of fused-ring (bicyclic) bond motifs is 1. The molecular weight excluding hydrogens is 596 g/mol. The van der Waals surface area contributed by atoms with Crippen molar-refractivity contribution in [1.82, 2.24) is 30.5 Å². The third kappa shape index (κ3) is 6.76. The number of benzene rings is 2. The first-order valence-electron chi connectivity index (χ1n) is 14.6. The Labute approximate surface area is 264 Å². The highest BCUT2D eigenvalue weighted by molar-refractivity contribution is 6.35. The molecular formula is C32H33ClN8O4. The lowest BCUT2D eigenvalue weighted by molar-refractivity contribution is -0.0460. The molecule has 1 saturated heterocycles. The summed E-state index contributed by atoms with van der Waals surface area (Å²) in [4.78, 5) is 28.4. The highest BCUT2D eigenvalue weighted by atomic mass is 35.5. The number of alkyl carbamates (subject to hydrolysis) is 1. The molecule has 3 aromatic heterocycles. The van der Waals surface area contributed by atoms with Crippen LogP contribution in [-0.2, 0) is 17.8 Å². The fraction of sp³-hybridized carbons (Fsp3) is 0.281. The van der Waals surface area contributed by atoms with Gasteiger partial charge in [-0.3, -0.25) is 5.10 Å². The number of amides is 1. The summed E-state index contributed by atoms with van der Waals surface area (Å²) >= 11 is 6.78. The summed E-state index contributed by atoms with van der Waals surface area (Å²) in [5, 5.41) is 24.1. The van der Waals surface area contributed by atoms with E-state index in [0.29, 0.717) is 78.1 Å². The number of anilines is 2. The van der Waals surface area contributed by atoms with Gasteiger partial charge in [0.2, 0.25) is 5.65 Å². The van der Waals surface area contributed by atoms with Gasteiger partial charge in [-0.15, -0.1) is 0 Å². The Bertz CT molecular complexity index is 1760. The summed E-state index contributed by atoms with van der Waals surface area (Å²) in [7, 11) is 1.64. The quantitative estimate of drug-likeness (QED) is 0.167. The Hall–Kier alpha value is -4.94. The van der Waals surface area contributed by atoms with Crippen LogP contribution < -0.4 is 20.3 Å². The fourth-order valence-corrected chi connectivity index (χ4v) is 5.53. The number of methoxy groups -OCH3 is 1. The first kappa shape index (κ1) is 30.1. The number of pyridine rings is 1. The van der Waals surface area contributed by atoms with Crippen molar-refractivity contribution in [2.45, 2.75) is 31.5 Å². The van der Waals surface area contributed by atoms with Gasteiger partial charge >= 0.3 is 6.09 Å². The number of nitrogens with zero attached hydrogens (tertiary/aromatic N) is 5. The van der Waals surface area contributed by atoms with Gasteiger partial charge in [0.1, 0.15) is 28.5 Å². The number of aliphatic hydroxyl groups is 1. The zero-order valence-corrected chi connectivity index (χ0v) is 25.4. The van der Waals surface area contributed by atoms with Gasteiger partial charge in [0.15, 0.2) is 0 Å². The molecule has 0 aliphatic carbocycles. The second-order valence-electron chi connectivity index (χ2n) is 10.8. The summed E-state index contributed by atoms with van der Waals surface area (Å²) in [5.41, 5.74) is 3.40. The zero-order valence-electron chi connectivity index (χ0n) is 24.7. The molecule has 232 valence electrons. The number of hydrogen-bond donors (Lipinski definition) is 4. The number of aromatic amines is 1. The highest BCUT2D eigenvalue weighted by Gasteiger charge is 2.38. The number of hydrogen-bond acceptors (Lipinski definition) is 10. The van der Waals surface area contributed by atoms with Crippen LogP contribution in [-0.4, -0.2) is 68.8 Å². The summed E-state index contributed by atoms with van der Waals surface area (Å²) in [5.74, 6) is 1.97. The van der Waals surface area contributed by atoms with Gasteiger partial charge in [0.25, 0.3) is 0 Å². The van der Waals surface area contributed by atoms with Crippen molar-refractivity contribution in [3.63, 3.8) is 0 Å². The maximum Gasteiger partial charge on any atom is 0.408 e. The van der Waals surface area contributed by atoms with Crippen molar-refractivity contribution >= 4 is 40.5 Å². The van der Waals surface area contributed by atoms with E-state index in [1.165, 1.54) is 0 Å². The molecule has 1 amide bonds. The predicted octanol–water partition coefficient (Wildman–Crippen LogP) is 4.95. The predicted molar refractivity (Wildman–Crippen MR) is 171 cm³/mol. The third-order valence-corrected chi connectivity index (χ3v) is 8.29. The Kier molecular flexibility index (Phi) is 8.94. The van der Waals surface area contributed by atoms with Crippen LogP contribution in [0.2, 0.25) is 5.02 Å². The molecule has 1 aliphatic rings. The van der Waals surface area contributed by atoms with Crippen molar-refractivity contribution < 1.29 is 19.4 Å². The molecule has 12 nitrogen and oxygen atoms in total. The van der Waals surface area contributed by atoms with Crippen molar-refractivity contribution in [3.05, 3.63) is 89.2 Å². The van der Waals surface area contributed by atoms with Crippen LogP contribution in [0.25, 0.3) is 22.4 Å². The fourth-order valence-electron chi connectivity index (χ4n) is 5.25. The van der Waals surface area contributed by atoms with Crippen molar-refractivity contribution in [2.24, 2.45) is 0 Å².